The van der Waals surface area contributed by atoms with E-state index in [-0.39, 0.29) is 19.1 Å². The molecule has 0 heterocycles. The first kappa shape index (κ1) is 57.2. The molecule has 0 fully saturated rings. The summed E-state index contributed by atoms with van der Waals surface area (Å²) in [5.74, 6) is -0.145. The van der Waals surface area contributed by atoms with Gasteiger partial charge in [0.15, 0.2) is 0 Å². The minimum absolute atomic E-state index is 0.0763. The summed E-state index contributed by atoms with van der Waals surface area (Å²) in [4.78, 5) is 23.1. The number of amides is 1. The van der Waals surface area contributed by atoms with Gasteiger partial charge in [0.1, 0.15) is 13.2 Å². The Labute approximate surface area is 361 Å². The molecular weight excluding hydrogens is 744 g/mol. The third-order valence-corrected chi connectivity index (χ3v) is 12.5. The zero-order chi connectivity index (χ0) is 42.8. The summed E-state index contributed by atoms with van der Waals surface area (Å²) in [7, 11) is 1.62. The van der Waals surface area contributed by atoms with Crippen molar-refractivity contribution in [1.82, 2.24) is 5.32 Å². The van der Waals surface area contributed by atoms with E-state index in [1.54, 1.807) is 0 Å². The van der Waals surface area contributed by atoms with E-state index in [1.165, 1.54) is 180 Å². The molecule has 3 unspecified atom stereocenters. The maximum absolute atomic E-state index is 12.9. The number of phosphoric acid groups is 1. The molecule has 1 amide bonds. The second kappa shape index (κ2) is 41.6. The summed E-state index contributed by atoms with van der Waals surface area (Å²) in [5.41, 5.74) is 0. The molecule has 0 aliphatic carbocycles. The van der Waals surface area contributed by atoms with Crippen LogP contribution in [0.5, 0.6) is 0 Å². The number of aliphatic hydroxyl groups is 1. The molecule has 8 nitrogen and oxygen atoms in total. The Hall–Kier alpha value is -0.760. The smallest absolute Gasteiger partial charge is 0.391 e. The van der Waals surface area contributed by atoms with E-state index < -0.39 is 20.0 Å². The maximum Gasteiger partial charge on any atom is 0.472 e. The zero-order valence-electron chi connectivity index (χ0n) is 39.3. The fourth-order valence-electron chi connectivity index (χ4n) is 7.51. The molecule has 0 aromatic heterocycles. The predicted octanol–water partition coefficient (Wildman–Crippen LogP) is 14.3. The van der Waals surface area contributed by atoms with Gasteiger partial charge in [-0.25, -0.2) is 4.57 Å². The average molecular weight is 844 g/mol. The van der Waals surface area contributed by atoms with Crippen LogP contribution in [0.4, 0.5) is 0 Å². The molecule has 0 spiro atoms. The van der Waals surface area contributed by atoms with Gasteiger partial charge in [0.2, 0.25) is 5.91 Å². The van der Waals surface area contributed by atoms with Crippen LogP contribution in [-0.2, 0) is 18.4 Å². The van der Waals surface area contributed by atoms with Crippen molar-refractivity contribution >= 4 is 13.7 Å². The summed E-state index contributed by atoms with van der Waals surface area (Å²) >= 11 is 0. The number of aliphatic hydroxyl groups excluding tert-OH is 1. The number of likely N-dealkylation sites (N-methyl/N-ethyl adjacent to an activating group) is 1. The summed E-state index contributed by atoms with van der Waals surface area (Å²) in [6, 6.07) is -0.755. The largest absolute Gasteiger partial charge is 0.472 e. The highest BCUT2D eigenvalue weighted by Crippen LogP contribution is 2.43. The molecule has 0 saturated carbocycles. The van der Waals surface area contributed by atoms with Crippen LogP contribution in [0.2, 0.25) is 0 Å². The highest BCUT2D eigenvalue weighted by atomic mass is 31.2. The van der Waals surface area contributed by atoms with Gasteiger partial charge < -0.3 is 19.8 Å². The number of rotatable bonds is 46. The number of carbonyl (C=O) groups is 1. The van der Waals surface area contributed by atoms with Crippen molar-refractivity contribution in [1.29, 1.82) is 0 Å². The van der Waals surface area contributed by atoms with Gasteiger partial charge in [-0.15, -0.1) is 0 Å². The summed E-state index contributed by atoms with van der Waals surface area (Å²) in [6.45, 7) is 4.88. The Morgan fingerprint density at radius 1 is 0.569 bits per heavy atom. The Balaban J connectivity index is 4.03. The minimum Gasteiger partial charge on any atom is -0.391 e. The van der Waals surface area contributed by atoms with Gasteiger partial charge in [0, 0.05) is 6.42 Å². The van der Waals surface area contributed by atoms with E-state index in [1.807, 2.05) is 21.1 Å². The number of hydrogen-bond donors (Lipinski definition) is 3. The Morgan fingerprint density at radius 3 is 1.33 bits per heavy atom. The molecule has 0 aliphatic rings. The quantitative estimate of drug-likeness (QED) is 0.0244. The van der Waals surface area contributed by atoms with Gasteiger partial charge in [-0.2, -0.15) is 0 Å². The highest BCUT2D eigenvalue weighted by molar-refractivity contribution is 7.47. The molecule has 9 heteroatoms. The normalized spacial score (nSPS) is 14.3. The van der Waals surface area contributed by atoms with Crippen molar-refractivity contribution in [3.63, 3.8) is 0 Å². The number of nitrogens with zero attached hydrogens (tertiary/aromatic N) is 1. The Morgan fingerprint density at radius 2 is 0.931 bits per heavy atom. The first-order valence-electron chi connectivity index (χ1n) is 25.1. The van der Waals surface area contributed by atoms with Crippen molar-refractivity contribution in [2.24, 2.45) is 0 Å². The van der Waals surface area contributed by atoms with Crippen molar-refractivity contribution < 1.29 is 32.9 Å². The lowest BCUT2D eigenvalue weighted by Crippen LogP contribution is -2.46. The predicted molar refractivity (Wildman–Crippen MR) is 249 cm³/mol. The number of carbonyl (C=O) groups excluding carboxylic acids is 1. The van der Waals surface area contributed by atoms with E-state index in [2.05, 4.69) is 31.3 Å². The summed E-state index contributed by atoms with van der Waals surface area (Å²) in [5, 5.41) is 13.9. The van der Waals surface area contributed by atoms with Crippen LogP contribution in [0.25, 0.3) is 0 Å². The molecule has 3 N–H and O–H groups in total. The van der Waals surface area contributed by atoms with Gasteiger partial charge in [0.05, 0.1) is 39.9 Å². The average Bonchev–Trinajstić information content (AvgIpc) is 3.17. The van der Waals surface area contributed by atoms with Crippen LogP contribution in [0, 0.1) is 0 Å². The number of phosphoric ester groups is 1. The van der Waals surface area contributed by atoms with Gasteiger partial charge in [0.25, 0.3) is 0 Å². The second-order valence-corrected chi connectivity index (χ2v) is 20.0. The van der Waals surface area contributed by atoms with Crippen molar-refractivity contribution in [2.75, 3.05) is 40.9 Å². The van der Waals surface area contributed by atoms with E-state index >= 15 is 0 Å². The molecule has 0 saturated heterocycles. The third kappa shape index (κ3) is 43.3. The molecule has 0 radical (unpaired) electrons. The molecular formula is C49H100N2O6P+. The maximum atomic E-state index is 12.9. The van der Waals surface area contributed by atoms with Gasteiger partial charge >= 0.3 is 7.82 Å². The van der Waals surface area contributed by atoms with Gasteiger partial charge in [-0.05, 0) is 38.5 Å². The Kier molecular flexibility index (Phi) is 41.0. The number of allylic oxidation sites excluding steroid dienone is 2. The van der Waals surface area contributed by atoms with E-state index in [4.69, 9.17) is 9.05 Å². The molecule has 346 valence electrons. The standard InChI is InChI=1S/C49H99N2O6P/c1-6-8-10-12-14-16-17-18-19-20-21-22-23-24-25-26-27-28-29-30-31-32-33-35-37-39-41-43-49(53)50-47(46-57-58(54,55)56-45-44-51(3,4)5)48(52)42-40-38-36-34-15-13-11-9-7-2/h24-25,47-48,52H,6-23,26-46H2,1-5H3,(H-,50,53,54,55)/p+1/b25-24-. The lowest BCUT2D eigenvalue weighted by atomic mass is 10.0. The fraction of sp³-hybridized carbons (Fsp3) is 0.939. The molecule has 0 aromatic rings. The minimum atomic E-state index is -4.31. The first-order chi connectivity index (χ1) is 28.0. The van der Waals surface area contributed by atoms with E-state index in [9.17, 15) is 19.4 Å². The fourth-order valence-corrected chi connectivity index (χ4v) is 8.25. The van der Waals surface area contributed by atoms with Gasteiger partial charge in [-0.3, -0.25) is 13.8 Å². The third-order valence-electron chi connectivity index (χ3n) is 11.5. The van der Waals surface area contributed by atoms with Gasteiger partial charge in [-0.1, -0.05) is 212 Å². The lowest BCUT2D eigenvalue weighted by Gasteiger charge is -2.26. The van der Waals surface area contributed by atoms with Crippen molar-refractivity contribution in [2.45, 2.75) is 257 Å². The van der Waals surface area contributed by atoms with E-state index in [0.29, 0.717) is 23.9 Å². The van der Waals surface area contributed by atoms with Crippen LogP contribution in [0.3, 0.4) is 0 Å². The summed E-state index contributed by atoms with van der Waals surface area (Å²) in [6.07, 6.45) is 48.4. The number of hydrogen-bond acceptors (Lipinski definition) is 5. The molecule has 0 aliphatic heterocycles. The molecule has 0 aromatic carbocycles. The number of unbranched alkanes of at least 4 members (excludes halogenated alkanes) is 31. The summed E-state index contributed by atoms with van der Waals surface area (Å²) < 4.78 is 23.6. The SMILES string of the molecule is CCCCCCCCCCCCCC/C=C\CCCCCCCCCCCCCC(=O)NC(COP(=O)(O)OCC[N+](C)(C)C)C(O)CCCCCCCCCCC. The number of quaternary nitrogens is 1. The number of nitrogens with one attached hydrogen (secondary N) is 1. The molecule has 0 rings (SSSR count). The molecule has 58 heavy (non-hydrogen) atoms. The lowest BCUT2D eigenvalue weighted by molar-refractivity contribution is -0.870. The second-order valence-electron chi connectivity index (χ2n) is 18.5. The van der Waals surface area contributed by atoms with Crippen molar-refractivity contribution in [3.8, 4) is 0 Å². The van der Waals surface area contributed by atoms with Crippen LogP contribution in [0.15, 0.2) is 12.2 Å². The molecule has 3 atom stereocenters. The zero-order valence-corrected chi connectivity index (χ0v) is 40.2. The molecule has 0 bridgehead atoms. The monoisotopic (exact) mass is 844 g/mol. The first-order valence-corrected chi connectivity index (χ1v) is 26.5. The van der Waals surface area contributed by atoms with Crippen molar-refractivity contribution in [3.05, 3.63) is 12.2 Å². The topological polar surface area (TPSA) is 105 Å². The van der Waals surface area contributed by atoms with E-state index in [0.717, 1.165) is 38.5 Å². The Bertz CT molecular complexity index is 958. The van der Waals surface area contributed by atoms with Crippen LogP contribution >= 0.6 is 7.82 Å². The van der Waals surface area contributed by atoms with Crippen LogP contribution < -0.4 is 5.32 Å². The highest BCUT2D eigenvalue weighted by Gasteiger charge is 2.28. The van der Waals surface area contributed by atoms with Crippen LogP contribution in [0.1, 0.15) is 245 Å². The van der Waals surface area contributed by atoms with Crippen LogP contribution in [-0.4, -0.2) is 73.4 Å².